The van der Waals surface area contributed by atoms with E-state index in [-0.39, 0.29) is 0 Å². The number of nitriles is 1. The van der Waals surface area contributed by atoms with Crippen molar-refractivity contribution in [3.8, 4) is 39.6 Å². The molecule has 12 rings (SSSR count). The number of rotatable bonds is 6. The molecule has 0 amide bonds. The third-order valence-electron chi connectivity index (χ3n) is 12.2. The molecule has 1 unspecified atom stereocenters. The number of benzene rings is 9. The molecule has 6 heteroatoms. The van der Waals surface area contributed by atoms with Crippen LogP contribution in [0.15, 0.2) is 215 Å². The lowest BCUT2D eigenvalue weighted by Crippen LogP contribution is -2.34. The van der Waals surface area contributed by atoms with Crippen LogP contribution in [0.1, 0.15) is 28.6 Å². The highest BCUT2D eigenvalue weighted by molar-refractivity contribution is 6.31. The van der Waals surface area contributed by atoms with Crippen LogP contribution in [-0.2, 0) is 0 Å². The maximum absolute atomic E-state index is 9.72. The number of hydrogen-bond acceptors (Lipinski definition) is 6. The molecule has 1 N–H and O–H groups in total. The van der Waals surface area contributed by atoms with Crippen molar-refractivity contribution in [3.63, 3.8) is 0 Å². The Morgan fingerprint density at radius 2 is 1.13 bits per heavy atom. The number of nitrogens with one attached hydrogen (secondary N) is 1. The Bertz CT molecular complexity index is 3710. The zero-order valence-electron chi connectivity index (χ0n) is 33.8. The fourth-order valence-corrected chi connectivity index (χ4v) is 9.11. The Morgan fingerprint density at radius 3 is 1.92 bits per heavy atom. The van der Waals surface area contributed by atoms with E-state index in [9.17, 15) is 5.26 Å². The summed E-state index contributed by atoms with van der Waals surface area (Å²) in [4.78, 5) is 15.3. The number of aromatic nitrogens is 1. The van der Waals surface area contributed by atoms with Crippen LogP contribution >= 0.6 is 0 Å². The molecule has 0 spiro atoms. The average Bonchev–Trinajstić information content (AvgIpc) is 3.77. The second-order valence-corrected chi connectivity index (χ2v) is 15.9. The number of pyridine rings is 1. The zero-order valence-corrected chi connectivity index (χ0v) is 33.8. The fraction of sp³-hybridized carbons (Fsp3) is 0.0175. The monoisotopic (exact) mass is 805 g/mol. The van der Waals surface area contributed by atoms with Crippen LogP contribution in [0.5, 0.6) is 0 Å². The second kappa shape index (κ2) is 14.8. The van der Waals surface area contributed by atoms with Crippen LogP contribution in [-0.4, -0.2) is 16.7 Å². The zero-order chi connectivity index (χ0) is 41.9. The van der Waals surface area contributed by atoms with E-state index < -0.39 is 6.17 Å². The Hall–Kier alpha value is -8.66. The molecule has 1 atom stereocenters. The normalized spacial score (nSPS) is 13.9. The van der Waals surface area contributed by atoms with Crippen LogP contribution in [0, 0.1) is 11.3 Å². The summed E-state index contributed by atoms with van der Waals surface area (Å²) >= 11 is 0. The van der Waals surface area contributed by atoms with Gasteiger partial charge >= 0.3 is 0 Å². The predicted octanol–water partition coefficient (Wildman–Crippen LogP) is 13.8. The molecule has 6 nitrogen and oxygen atoms in total. The van der Waals surface area contributed by atoms with Crippen molar-refractivity contribution in [1.82, 2.24) is 10.3 Å². The summed E-state index contributed by atoms with van der Waals surface area (Å²) in [6.45, 7) is 0. The van der Waals surface area contributed by atoms with Gasteiger partial charge < -0.3 is 9.73 Å². The van der Waals surface area contributed by atoms with Gasteiger partial charge in [0.1, 0.15) is 17.0 Å². The molecule has 3 heterocycles. The van der Waals surface area contributed by atoms with E-state index in [0.717, 1.165) is 110 Å². The van der Waals surface area contributed by atoms with Crippen LogP contribution < -0.4 is 5.32 Å². The van der Waals surface area contributed by atoms with E-state index >= 15 is 0 Å². The van der Waals surface area contributed by atoms with Crippen molar-refractivity contribution < 1.29 is 4.42 Å². The molecule has 0 saturated heterocycles. The number of aliphatic imine (C=N–C) groups is 2. The fourth-order valence-electron chi connectivity index (χ4n) is 9.11. The molecule has 0 bridgehead atoms. The number of amidine groups is 2. The topological polar surface area (TPSA) is 86.6 Å². The highest BCUT2D eigenvalue weighted by atomic mass is 16.3. The van der Waals surface area contributed by atoms with Crippen molar-refractivity contribution >= 4 is 65.9 Å². The van der Waals surface area contributed by atoms with E-state index in [1.807, 2.05) is 97.1 Å². The van der Waals surface area contributed by atoms with Gasteiger partial charge in [-0.3, -0.25) is 0 Å². The highest BCUT2D eigenvalue weighted by Crippen LogP contribution is 2.43. The van der Waals surface area contributed by atoms with Crippen LogP contribution in [0.2, 0.25) is 0 Å². The Kier molecular flexibility index (Phi) is 8.51. The summed E-state index contributed by atoms with van der Waals surface area (Å²) in [5, 5.41) is 21.9. The third-order valence-corrected chi connectivity index (χ3v) is 12.2. The average molecular weight is 806 g/mol. The van der Waals surface area contributed by atoms with Crippen molar-refractivity contribution in [2.24, 2.45) is 9.98 Å². The summed E-state index contributed by atoms with van der Waals surface area (Å²) in [6, 6.07) is 71.2. The summed E-state index contributed by atoms with van der Waals surface area (Å²) in [7, 11) is 0. The number of para-hydroxylation sites is 1. The Balaban J connectivity index is 0.948. The molecule has 11 aromatic rings. The molecular weight excluding hydrogens is 771 g/mol. The Morgan fingerprint density at radius 1 is 0.476 bits per heavy atom. The molecule has 1 aliphatic heterocycles. The smallest absolute Gasteiger partial charge is 0.165 e. The molecule has 63 heavy (non-hydrogen) atoms. The minimum Gasteiger partial charge on any atom is -0.455 e. The van der Waals surface area contributed by atoms with Gasteiger partial charge in [0.15, 0.2) is 12.0 Å². The van der Waals surface area contributed by atoms with Crippen molar-refractivity contribution in [2.45, 2.75) is 6.17 Å². The van der Waals surface area contributed by atoms with Gasteiger partial charge in [0.25, 0.3) is 0 Å². The number of nitrogens with zero attached hydrogens (tertiary/aromatic N) is 4. The first-order valence-corrected chi connectivity index (χ1v) is 21.0. The standard InChI is InChI=1S/C57H35N5O/c58-34-41-28-29-43(44-17-8-7-16-42(41)44)36-24-22-35(23-25-36)39-26-30-45-46-31-27-40(33-49(46)54-53(48(45)32-39)47-18-9-10-21-52(47)63-54)50-19-11-20-51(59-50)57-61-55(37-12-3-1-4-13-37)60-56(62-57)38-14-5-2-6-15-38/h1-33,57H,(H,60,61,62). The van der Waals surface area contributed by atoms with E-state index in [1.165, 1.54) is 0 Å². The summed E-state index contributed by atoms with van der Waals surface area (Å²) in [5.74, 6) is 1.41. The molecule has 0 saturated carbocycles. The minimum atomic E-state index is -0.444. The second-order valence-electron chi connectivity index (χ2n) is 15.9. The molecule has 1 aliphatic rings. The molecule has 0 radical (unpaired) electrons. The molecule has 9 aromatic carbocycles. The summed E-state index contributed by atoms with van der Waals surface area (Å²) in [5.41, 5.74) is 11.4. The van der Waals surface area contributed by atoms with Gasteiger partial charge in [0.2, 0.25) is 0 Å². The van der Waals surface area contributed by atoms with E-state index in [2.05, 4.69) is 115 Å². The van der Waals surface area contributed by atoms with E-state index in [1.54, 1.807) is 0 Å². The molecule has 0 fully saturated rings. The highest BCUT2D eigenvalue weighted by Gasteiger charge is 2.23. The summed E-state index contributed by atoms with van der Waals surface area (Å²) in [6.07, 6.45) is -0.444. The van der Waals surface area contributed by atoms with Crippen LogP contribution in [0.4, 0.5) is 0 Å². The van der Waals surface area contributed by atoms with Crippen molar-refractivity contribution in [2.75, 3.05) is 0 Å². The van der Waals surface area contributed by atoms with Gasteiger partial charge in [-0.05, 0) is 80.2 Å². The van der Waals surface area contributed by atoms with Gasteiger partial charge in [-0.25, -0.2) is 15.0 Å². The lowest BCUT2D eigenvalue weighted by molar-refractivity contribution is 0.653. The largest absolute Gasteiger partial charge is 0.455 e. The van der Waals surface area contributed by atoms with Gasteiger partial charge in [-0.15, -0.1) is 0 Å². The predicted molar refractivity (Wildman–Crippen MR) is 257 cm³/mol. The first kappa shape index (κ1) is 36.2. The molecular formula is C57H35N5O. The first-order chi connectivity index (χ1) is 31.2. The van der Waals surface area contributed by atoms with E-state index in [0.29, 0.717) is 11.4 Å². The SMILES string of the molecule is N#Cc1ccc(-c2ccc(-c3ccc4c5ccc(-c6cccc(C7N=C(c8ccccc8)N=C(c8ccccc8)N7)n6)cc5c5oc6ccccc6c5c4c3)cc2)c2ccccc12. The first-order valence-electron chi connectivity index (χ1n) is 21.0. The quantitative estimate of drug-likeness (QED) is 0.170. The van der Waals surface area contributed by atoms with E-state index in [4.69, 9.17) is 19.4 Å². The lowest BCUT2D eigenvalue weighted by Gasteiger charge is -2.23. The van der Waals surface area contributed by atoms with Crippen molar-refractivity contribution in [1.29, 1.82) is 5.26 Å². The summed E-state index contributed by atoms with van der Waals surface area (Å²) < 4.78 is 6.77. The maximum Gasteiger partial charge on any atom is 0.165 e. The molecule has 0 aliphatic carbocycles. The van der Waals surface area contributed by atoms with Gasteiger partial charge in [-0.1, -0.05) is 164 Å². The van der Waals surface area contributed by atoms with Gasteiger partial charge in [0.05, 0.1) is 23.0 Å². The minimum absolute atomic E-state index is 0.444. The number of fused-ring (bicyclic) bond motifs is 9. The lowest BCUT2D eigenvalue weighted by atomic mass is 9.91. The molecule has 2 aromatic heterocycles. The van der Waals surface area contributed by atoms with Crippen LogP contribution in [0.3, 0.4) is 0 Å². The molecule has 294 valence electrons. The third kappa shape index (κ3) is 6.22. The van der Waals surface area contributed by atoms with Crippen LogP contribution in [0.25, 0.3) is 87.8 Å². The van der Waals surface area contributed by atoms with Gasteiger partial charge in [0, 0.05) is 38.2 Å². The Labute approximate surface area is 362 Å². The number of furan rings is 1. The van der Waals surface area contributed by atoms with Crippen molar-refractivity contribution in [3.05, 3.63) is 223 Å². The van der Waals surface area contributed by atoms with Gasteiger partial charge in [-0.2, -0.15) is 5.26 Å². The maximum atomic E-state index is 9.72. The number of hydrogen-bond donors (Lipinski definition) is 1.